The summed E-state index contributed by atoms with van der Waals surface area (Å²) in [5, 5.41) is 0. The molecule has 1 heterocycles. The second-order valence-corrected chi connectivity index (χ2v) is 7.58. The summed E-state index contributed by atoms with van der Waals surface area (Å²) in [5.74, 6) is 0.441. The van der Waals surface area contributed by atoms with Gasteiger partial charge in [-0.05, 0) is 37.0 Å². The predicted octanol–water partition coefficient (Wildman–Crippen LogP) is 3.06. The molecule has 15 heavy (non-hydrogen) atoms. The number of hydrogen-bond donors (Lipinski definition) is 0. The van der Waals surface area contributed by atoms with Crippen LogP contribution >= 0.6 is 11.3 Å². The summed E-state index contributed by atoms with van der Waals surface area (Å²) in [7, 11) is -3.05. The molecular weight excluding hydrogens is 228 g/mol. The molecule has 0 saturated carbocycles. The average Bonchev–Trinajstić information content (AvgIpc) is 2.46. The van der Waals surface area contributed by atoms with Gasteiger partial charge in [0.1, 0.15) is 4.21 Å². The van der Waals surface area contributed by atoms with Crippen LogP contribution in [0.3, 0.4) is 0 Å². The van der Waals surface area contributed by atoms with Crippen molar-refractivity contribution in [3.8, 4) is 0 Å². The van der Waals surface area contributed by atoms with Crippen LogP contribution < -0.4 is 0 Å². The van der Waals surface area contributed by atoms with Crippen LogP contribution in [0.15, 0.2) is 15.8 Å². The minimum absolute atomic E-state index is 0.441. The van der Waals surface area contributed by atoms with Crippen molar-refractivity contribution in [2.24, 2.45) is 0 Å². The molecule has 0 amide bonds. The molecule has 1 atom stereocenters. The molecule has 1 aromatic rings. The largest absolute Gasteiger partial charge is 0.223 e. The van der Waals surface area contributed by atoms with E-state index in [4.69, 9.17) is 0 Å². The standard InChI is InChI=1S/C11H14O2S2/c1-7-4-8(2)9-6-11(15(3,12)13)14-10(9)5-7/h5-6,8H,4H2,1-3H3. The molecule has 1 aliphatic rings. The van der Waals surface area contributed by atoms with Gasteiger partial charge in [0.2, 0.25) is 0 Å². The number of sulfone groups is 1. The van der Waals surface area contributed by atoms with Crippen LogP contribution in [-0.4, -0.2) is 14.7 Å². The van der Waals surface area contributed by atoms with Crippen molar-refractivity contribution < 1.29 is 8.42 Å². The lowest BCUT2D eigenvalue weighted by molar-refractivity contribution is 0.603. The molecule has 0 radical (unpaired) electrons. The van der Waals surface area contributed by atoms with E-state index in [0.29, 0.717) is 10.1 Å². The molecule has 0 saturated heterocycles. The number of hydrogen-bond acceptors (Lipinski definition) is 3. The van der Waals surface area contributed by atoms with Crippen LogP contribution in [0.25, 0.3) is 6.08 Å². The zero-order valence-electron chi connectivity index (χ0n) is 9.07. The molecule has 2 rings (SSSR count). The number of fused-ring (bicyclic) bond motifs is 1. The lowest BCUT2D eigenvalue weighted by atomic mass is 9.90. The minimum atomic E-state index is -3.05. The van der Waals surface area contributed by atoms with Gasteiger partial charge >= 0.3 is 0 Å². The van der Waals surface area contributed by atoms with Crippen molar-refractivity contribution in [2.45, 2.75) is 30.4 Å². The molecule has 0 N–H and O–H groups in total. The summed E-state index contributed by atoms with van der Waals surface area (Å²) in [6, 6.07) is 1.84. The molecule has 0 fully saturated rings. The van der Waals surface area contributed by atoms with E-state index in [1.165, 1.54) is 28.7 Å². The molecule has 0 aliphatic heterocycles. The van der Waals surface area contributed by atoms with Gasteiger partial charge < -0.3 is 0 Å². The Morgan fingerprint density at radius 2 is 2.13 bits per heavy atom. The van der Waals surface area contributed by atoms with Gasteiger partial charge in [0, 0.05) is 11.1 Å². The number of thiophene rings is 1. The van der Waals surface area contributed by atoms with Crippen LogP contribution in [0.5, 0.6) is 0 Å². The first-order valence-corrected chi connectivity index (χ1v) is 7.59. The van der Waals surface area contributed by atoms with E-state index in [1.54, 1.807) is 0 Å². The van der Waals surface area contributed by atoms with Gasteiger partial charge in [-0.25, -0.2) is 8.42 Å². The van der Waals surface area contributed by atoms with Crippen LogP contribution in [0.1, 0.15) is 36.6 Å². The lowest BCUT2D eigenvalue weighted by Gasteiger charge is -2.16. The van der Waals surface area contributed by atoms with E-state index < -0.39 is 9.84 Å². The highest BCUT2D eigenvalue weighted by Crippen LogP contribution is 2.39. The summed E-state index contributed by atoms with van der Waals surface area (Å²) in [6.45, 7) is 4.24. The van der Waals surface area contributed by atoms with Crippen LogP contribution in [0.4, 0.5) is 0 Å². The Kier molecular flexibility index (Phi) is 2.51. The smallest absolute Gasteiger partial charge is 0.184 e. The summed E-state index contributed by atoms with van der Waals surface area (Å²) in [6.07, 6.45) is 4.41. The average molecular weight is 242 g/mol. The molecule has 0 aromatic carbocycles. The third-order valence-corrected chi connectivity index (χ3v) is 5.57. The highest BCUT2D eigenvalue weighted by atomic mass is 32.2. The first-order valence-electron chi connectivity index (χ1n) is 4.89. The molecule has 82 valence electrons. The Morgan fingerprint density at radius 1 is 1.47 bits per heavy atom. The highest BCUT2D eigenvalue weighted by molar-refractivity contribution is 7.92. The molecule has 0 spiro atoms. The first-order chi connectivity index (χ1) is 6.88. The van der Waals surface area contributed by atoms with Crippen molar-refractivity contribution in [3.63, 3.8) is 0 Å². The zero-order chi connectivity index (χ0) is 11.2. The Morgan fingerprint density at radius 3 is 2.73 bits per heavy atom. The third-order valence-electron chi connectivity index (χ3n) is 2.67. The monoisotopic (exact) mass is 242 g/mol. The summed E-state index contributed by atoms with van der Waals surface area (Å²) < 4.78 is 23.3. The van der Waals surface area contributed by atoms with Gasteiger partial charge in [0.05, 0.1) is 0 Å². The zero-order valence-corrected chi connectivity index (χ0v) is 10.7. The number of rotatable bonds is 1. The van der Waals surface area contributed by atoms with Crippen molar-refractivity contribution in [2.75, 3.05) is 6.26 Å². The topological polar surface area (TPSA) is 34.1 Å². The fourth-order valence-electron chi connectivity index (χ4n) is 1.95. The Labute approximate surface area is 94.6 Å². The quantitative estimate of drug-likeness (QED) is 0.758. The third kappa shape index (κ3) is 2.01. The number of allylic oxidation sites excluding steroid dienone is 1. The molecule has 0 bridgehead atoms. The maximum absolute atomic E-state index is 11.4. The lowest BCUT2D eigenvalue weighted by Crippen LogP contribution is -1.99. The van der Waals surface area contributed by atoms with Crippen molar-refractivity contribution in [1.29, 1.82) is 0 Å². The first kappa shape index (κ1) is 10.9. The molecular formula is C11H14O2S2. The van der Waals surface area contributed by atoms with E-state index in [-0.39, 0.29) is 0 Å². The van der Waals surface area contributed by atoms with Crippen molar-refractivity contribution in [1.82, 2.24) is 0 Å². The maximum atomic E-state index is 11.4. The van der Waals surface area contributed by atoms with Gasteiger partial charge in [-0.15, -0.1) is 11.3 Å². The van der Waals surface area contributed by atoms with E-state index in [0.717, 1.165) is 11.3 Å². The van der Waals surface area contributed by atoms with Crippen molar-refractivity contribution in [3.05, 3.63) is 22.1 Å². The summed E-state index contributed by atoms with van der Waals surface area (Å²) >= 11 is 1.39. The highest BCUT2D eigenvalue weighted by Gasteiger charge is 2.21. The molecule has 1 aromatic heterocycles. The van der Waals surface area contributed by atoms with Gasteiger partial charge in [0.15, 0.2) is 9.84 Å². The van der Waals surface area contributed by atoms with Crippen LogP contribution in [0.2, 0.25) is 0 Å². The molecule has 1 aliphatic carbocycles. The van der Waals surface area contributed by atoms with E-state index in [9.17, 15) is 8.42 Å². The van der Waals surface area contributed by atoms with Gasteiger partial charge in [-0.3, -0.25) is 0 Å². The van der Waals surface area contributed by atoms with Gasteiger partial charge in [-0.1, -0.05) is 12.5 Å². The fraction of sp³-hybridized carbons (Fsp3) is 0.455. The van der Waals surface area contributed by atoms with Crippen LogP contribution in [-0.2, 0) is 9.84 Å². The van der Waals surface area contributed by atoms with Gasteiger partial charge in [-0.2, -0.15) is 0 Å². The Balaban J connectivity index is 2.58. The molecule has 1 unspecified atom stereocenters. The van der Waals surface area contributed by atoms with E-state index >= 15 is 0 Å². The maximum Gasteiger partial charge on any atom is 0.184 e. The minimum Gasteiger partial charge on any atom is -0.223 e. The fourth-order valence-corrected chi connectivity index (χ4v) is 4.21. The second-order valence-electron chi connectivity index (χ2n) is 4.25. The van der Waals surface area contributed by atoms with Crippen molar-refractivity contribution >= 4 is 27.3 Å². The predicted molar refractivity (Wildman–Crippen MR) is 64.1 cm³/mol. The SMILES string of the molecule is CC1=Cc2sc(S(C)(=O)=O)cc2C(C)C1. The summed E-state index contributed by atoms with van der Waals surface area (Å²) in [5.41, 5.74) is 2.52. The Hall–Kier alpha value is -0.610. The molecule has 4 heteroatoms. The Bertz CT molecular complexity index is 521. The van der Waals surface area contributed by atoms with Crippen LogP contribution in [0, 0.1) is 0 Å². The van der Waals surface area contributed by atoms with Gasteiger partial charge in [0.25, 0.3) is 0 Å². The van der Waals surface area contributed by atoms with E-state index in [1.807, 2.05) is 6.07 Å². The van der Waals surface area contributed by atoms with E-state index in [2.05, 4.69) is 19.9 Å². The second kappa shape index (κ2) is 3.46. The normalized spacial score (nSPS) is 21.0. The molecule has 2 nitrogen and oxygen atoms in total. The summed E-state index contributed by atoms with van der Waals surface area (Å²) in [4.78, 5) is 1.12.